The third-order valence-electron chi connectivity index (χ3n) is 1.49. The second-order valence-corrected chi connectivity index (χ2v) is 3.67. The number of nitrogens with two attached hydrogens (primary N) is 1. The molecule has 0 aromatic carbocycles. The molecule has 2 N–H and O–H groups in total. The van der Waals surface area contributed by atoms with Gasteiger partial charge in [0.2, 0.25) is 0 Å². The number of ether oxygens (including phenoxy) is 1. The van der Waals surface area contributed by atoms with E-state index in [1.54, 1.807) is 6.26 Å². The maximum atomic E-state index is 10.9. The van der Waals surface area contributed by atoms with E-state index in [-0.39, 0.29) is 0 Å². The SMILES string of the molecule is COC(=O)C(N)CSc1nc(C)co1. The van der Waals surface area contributed by atoms with E-state index in [2.05, 4.69) is 9.72 Å². The number of rotatable bonds is 4. The summed E-state index contributed by atoms with van der Waals surface area (Å²) in [6.45, 7) is 1.83. The van der Waals surface area contributed by atoms with E-state index in [0.717, 1.165) is 5.69 Å². The fraction of sp³-hybridized carbons (Fsp3) is 0.500. The van der Waals surface area contributed by atoms with Crippen LogP contribution < -0.4 is 5.73 Å². The maximum Gasteiger partial charge on any atom is 0.323 e. The lowest BCUT2D eigenvalue weighted by Gasteiger charge is -2.05. The molecule has 0 saturated carbocycles. The molecule has 0 fully saturated rings. The number of nitrogens with zero attached hydrogens (tertiary/aromatic N) is 1. The molecule has 14 heavy (non-hydrogen) atoms. The predicted octanol–water partition coefficient (Wildman–Crippen LogP) is 0.575. The topological polar surface area (TPSA) is 78.4 Å². The number of esters is 1. The average molecular weight is 216 g/mol. The minimum absolute atomic E-state index is 0.395. The van der Waals surface area contributed by atoms with Gasteiger partial charge in [0.1, 0.15) is 12.3 Å². The number of carbonyl (C=O) groups excluding carboxylic acids is 1. The molecule has 0 saturated heterocycles. The van der Waals surface area contributed by atoms with Gasteiger partial charge in [-0.3, -0.25) is 4.79 Å². The first-order chi connectivity index (χ1) is 6.63. The van der Waals surface area contributed by atoms with E-state index in [9.17, 15) is 4.79 Å². The number of oxazole rings is 1. The molecule has 1 aromatic rings. The van der Waals surface area contributed by atoms with Gasteiger partial charge in [0.25, 0.3) is 5.22 Å². The number of thioether (sulfide) groups is 1. The molecular weight excluding hydrogens is 204 g/mol. The van der Waals surface area contributed by atoms with Crippen molar-refractivity contribution in [3.63, 3.8) is 0 Å². The Morgan fingerprint density at radius 2 is 2.57 bits per heavy atom. The van der Waals surface area contributed by atoms with Crippen molar-refractivity contribution in [2.45, 2.75) is 18.2 Å². The summed E-state index contributed by atoms with van der Waals surface area (Å²) in [4.78, 5) is 15.0. The largest absolute Gasteiger partial charge is 0.468 e. The van der Waals surface area contributed by atoms with E-state index >= 15 is 0 Å². The molecule has 1 atom stereocenters. The van der Waals surface area contributed by atoms with Gasteiger partial charge < -0.3 is 14.9 Å². The van der Waals surface area contributed by atoms with Gasteiger partial charge >= 0.3 is 5.97 Å². The molecular formula is C8H12N2O3S. The molecule has 0 bridgehead atoms. The van der Waals surface area contributed by atoms with Gasteiger partial charge in [0.15, 0.2) is 0 Å². The molecule has 1 rings (SSSR count). The molecule has 0 aliphatic carbocycles. The van der Waals surface area contributed by atoms with Gasteiger partial charge in [0.05, 0.1) is 12.8 Å². The van der Waals surface area contributed by atoms with Gasteiger partial charge in [-0.15, -0.1) is 0 Å². The lowest BCUT2D eigenvalue weighted by molar-refractivity contribution is -0.141. The quantitative estimate of drug-likeness (QED) is 0.585. The van der Waals surface area contributed by atoms with Crippen molar-refractivity contribution in [3.05, 3.63) is 12.0 Å². The number of methoxy groups -OCH3 is 1. The van der Waals surface area contributed by atoms with Gasteiger partial charge in [-0.25, -0.2) is 4.98 Å². The summed E-state index contributed by atoms with van der Waals surface area (Å²) < 4.78 is 9.55. The minimum atomic E-state index is -0.641. The third kappa shape index (κ3) is 3.04. The number of carbonyl (C=O) groups is 1. The van der Waals surface area contributed by atoms with Gasteiger partial charge in [-0.1, -0.05) is 11.8 Å². The Kier molecular flexibility index (Phi) is 3.97. The highest BCUT2D eigenvalue weighted by molar-refractivity contribution is 7.99. The van der Waals surface area contributed by atoms with Crippen molar-refractivity contribution >= 4 is 17.7 Å². The van der Waals surface area contributed by atoms with Crippen LogP contribution in [0, 0.1) is 6.92 Å². The zero-order chi connectivity index (χ0) is 10.6. The highest BCUT2D eigenvalue weighted by atomic mass is 32.2. The number of hydrogen-bond donors (Lipinski definition) is 1. The molecule has 0 aliphatic heterocycles. The van der Waals surface area contributed by atoms with Crippen molar-refractivity contribution in [3.8, 4) is 0 Å². The monoisotopic (exact) mass is 216 g/mol. The Balaban J connectivity index is 2.37. The van der Waals surface area contributed by atoms with E-state index in [4.69, 9.17) is 10.2 Å². The van der Waals surface area contributed by atoms with E-state index < -0.39 is 12.0 Å². The van der Waals surface area contributed by atoms with Crippen LogP contribution in [0.1, 0.15) is 5.69 Å². The molecule has 0 spiro atoms. The average Bonchev–Trinajstić information content (AvgIpc) is 2.59. The molecule has 6 heteroatoms. The zero-order valence-corrected chi connectivity index (χ0v) is 8.84. The molecule has 0 radical (unpaired) electrons. The Morgan fingerprint density at radius 1 is 1.86 bits per heavy atom. The first-order valence-corrected chi connectivity index (χ1v) is 5.00. The zero-order valence-electron chi connectivity index (χ0n) is 8.02. The fourth-order valence-corrected chi connectivity index (χ4v) is 1.56. The lowest BCUT2D eigenvalue weighted by Crippen LogP contribution is -2.33. The first kappa shape index (κ1) is 11.1. The van der Waals surface area contributed by atoms with Crippen molar-refractivity contribution in [1.82, 2.24) is 4.98 Å². The second-order valence-electron chi connectivity index (χ2n) is 2.70. The van der Waals surface area contributed by atoms with Gasteiger partial charge in [-0.05, 0) is 6.92 Å². The van der Waals surface area contributed by atoms with Crippen LogP contribution in [0.3, 0.4) is 0 Å². The molecule has 0 aliphatic rings. The van der Waals surface area contributed by atoms with Crippen LogP contribution in [0.4, 0.5) is 0 Å². The molecule has 1 unspecified atom stereocenters. The van der Waals surface area contributed by atoms with Crippen LogP contribution in [0.15, 0.2) is 15.9 Å². The molecule has 1 aromatic heterocycles. The van der Waals surface area contributed by atoms with Crippen LogP contribution >= 0.6 is 11.8 Å². The Hall–Kier alpha value is -1.01. The maximum absolute atomic E-state index is 10.9. The van der Waals surface area contributed by atoms with Crippen LogP contribution in [-0.2, 0) is 9.53 Å². The Morgan fingerprint density at radius 3 is 3.07 bits per heavy atom. The lowest BCUT2D eigenvalue weighted by atomic mass is 10.4. The van der Waals surface area contributed by atoms with E-state index in [0.29, 0.717) is 11.0 Å². The molecule has 1 heterocycles. The summed E-state index contributed by atoms with van der Waals surface area (Å²) in [5.41, 5.74) is 6.32. The van der Waals surface area contributed by atoms with E-state index in [1.807, 2.05) is 6.92 Å². The third-order valence-corrected chi connectivity index (χ3v) is 2.45. The molecule has 5 nitrogen and oxygen atoms in total. The van der Waals surface area contributed by atoms with Crippen molar-refractivity contribution in [1.29, 1.82) is 0 Å². The first-order valence-electron chi connectivity index (χ1n) is 4.02. The summed E-state index contributed by atoms with van der Waals surface area (Å²) in [5, 5.41) is 0.516. The van der Waals surface area contributed by atoms with Crippen molar-refractivity contribution in [2.75, 3.05) is 12.9 Å². The van der Waals surface area contributed by atoms with E-state index in [1.165, 1.54) is 18.9 Å². The standard InChI is InChI=1S/C8H12N2O3S/c1-5-3-13-8(10-5)14-4-6(9)7(11)12-2/h3,6H,4,9H2,1-2H3. The predicted molar refractivity (Wildman–Crippen MR) is 52.0 cm³/mol. The number of hydrogen-bond acceptors (Lipinski definition) is 6. The highest BCUT2D eigenvalue weighted by Gasteiger charge is 2.15. The van der Waals surface area contributed by atoms with Crippen LogP contribution in [0.2, 0.25) is 0 Å². The summed E-state index contributed by atoms with van der Waals surface area (Å²) in [6, 6.07) is -0.641. The number of aryl methyl sites for hydroxylation is 1. The van der Waals surface area contributed by atoms with Gasteiger partial charge in [-0.2, -0.15) is 0 Å². The summed E-state index contributed by atoms with van der Waals surface area (Å²) in [6.07, 6.45) is 1.55. The minimum Gasteiger partial charge on any atom is -0.468 e. The summed E-state index contributed by atoms with van der Waals surface area (Å²) >= 11 is 1.29. The molecule has 78 valence electrons. The van der Waals surface area contributed by atoms with Crippen LogP contribution in [0.5, 0.6) is 0 Å². The highest BCUT2D eigenvalue weighted by Crippen LogP contribution is 2.17. The normalized spacial score (nSPS) is 12.5. The Labute approximate surface area is 86.0 Å². The second kappa shape index (κ2) is 5.02. The van der Waals surface area contributed by atoms with Gasteiger partial charge in [0, 0.05) is 5.75 Å². The smallest absolute Gasteiger partial charge is 0.323 e. The summed E-state index contributed by atoms with van der Waals surface area (Å²) in [5.74, 6) is -0.0344. The summed E-state index contributed by atoms with van der Waals surface area (Å²) in [7, 11) is 1.31. The van der Waals surface area contributed by atoms with Crippen molar-refractivity contribution < 1.29 is 13.9 Å². The van der Waals surface area contributed by atoms with Crippen LogP contribution in [0.25, 0.3) is 0 Å². The fourth-order valence-electron chi connectivity index (χ4n) is 0.779. The Bertz CT molecular complexity index is 313. The van der Waals surface area contributed by atoms with Crippen LogP contribution in [-0.4, -0.2) is 29.9 Å². The number of aromatic nitrogens is 1. The van der Waals surface area contributed by atoms with Crippen molar-refractivity contribution in [2.24, 2.45) is 5.73 Å². The molecule has 0 amide bonds.